The van der Waals surface area contributed by atoms with Gasteiger partial charge in [0.2, 0.25) is 16.9 Å². The summed E-state index contributed by atoms with van der Waals surface area (Å²) >= 11 is 1.32. The number of aromatic nitrogens is 2. The summed E-state index contributed by atoms with van der Waals surface area (Å²) in [5.41, 5.74) is 3.10. The first-order chi connectivity index (χ1) is 13.9. The Morgan fingerprint density at radius 3 is 2.28 bits per heavy atom. The Morgan fingerprint density at radius 2 is 1.66 bits per heavy atom. The highest BCUT2D eigenvalue weighted by Gasteiger charge is 2.18. The molecule has 150 valence electrons. The highest BCUT2D eigenvalue weighted by atomic mass is 32.1. The van der Waals surface area contributed by atoms with E-state index in [9.17, 15) is 9.59 Å². The van der Waals surface area contributed by atoms with Gasteiger partial charge in [0.25, 0.3) is 0 Å². The summed E-state index contributed by atoms with van der Waals surface area (Å²) in [5.74, 6) is 0.0506. The number of hydrogen-bond acceptors (Lipinski definition) is 5. The molecular formula is C22H24N4O2S. The molecule has 0 fully saturated rings. The van der Waals surface area contributed by atoms with Crippen molar-refractivity contribution < 1.29 is 9.59 Å². The average molecular weight is 409 g/mol. The van der Waals surface area contributed by atoms with Crippen molar-refractivity contribution in [3.8, 4) is 10.6 Å². The van der Waals surface area contributed by atoms with Gasteiger partial charge in [-0.15, -0.1) is 10.2 Å². The lowest BCUT2D eigenvalue weighted by Crippen LogP contribution is -2.29. The molecule has 2 aromatic carbocycles. The predicted molar refractivity (Wildman–Crippen MR) is 116 cm³/mol. The first-order valence-electron chi connectivity index (χ1n) is 9.48. The van der Waals surface area contributed by atoms with Gasteiger partial charge in [-0.25, -0.2) is 0 Å². The van der Waals surface area contributed by atoms with E-state index in [4.69, 9.17) is 0 Å². The number of anilines is 1. The second-order valence-corrected chi connectivity index (χ2v) is 8.08. The van der Waals surface area contributed by atoms with Crippen molar-refractivity contribution in [1.82, 2.24) is 15.5 Å². The van der Waals surface area contributed by atoms with Crippen LogP contribution in [0.25, 0.3) is 10.6 Å². The van der Waals surface area contributed by atoms with Crippen LogP contribution in [0.3, 0.4) is 0 Å². The fraction of sp³-hybridized carbons (Fsp3) is 0.273. The van der Waals surface area contributed by atoms with Crippen LogP contribution in [0.1, 0.15) is 50.3 Å². The van der Waals surface area contributed by atoms with Gasteiger partial charge in [-0.2, -0.15) is 0 Å². The fourth-order valence-electron chi connectivity index (χ4n) is 2.94. The summed E-state index contributed by atoms with van der Waals surface area (Å²) in [6.45, 7) is 5.74. The number of benzene rings is 2. The van der Waals surface area contributed by atoms with E-state index >= 15 is 0 Å². The molecular weight excluding hydrogens is 384 g/mol. The molecule has 0 radical (unpaired) electrons. The minimum Gasteiger partial charge on any atom is -0.349 e. The highest BCUT2D eigenvalue weighted by Crippen LogP contribution is 2.28. The zero-order valence-electron chi connectivity index (χ0n) is 16.7. The quantitative estimate of drug-likeness (QED) is 0.601. The Balaban J connectivity index is 1.66. The van der Waals surface area contributed by atoms with Crippen LogP contribution in [-0.2, 0) is 9.59 Å². The summed E-state index contributed by atoms with van der Waals surface area (Å²) in [5, 5.41) is 15.1. The van der Waals surface area contributed by atoms with E-state index in [1.54, 1.807) is 0 Å². The SMILES string of the molecule is CC(=O)N[C@H](CC(=O)Nc1nnc(-c2ccc(C(C)C)cc2)s1)c1ccccc1. The number of carbonyl (C=O) groups is 2. The summed E-state index contributed by atoms with van der Waals surface area (Å²) in [4.78, 5) is 24.0. The molecule has 3 aromatic rings. The van der Waals surface area contributed by atoms with Gasteiger partial charge >= 0.3 is 0 Å². The van der Waals surface area contributed by atoms with Gasteiger partial charge in [-0.1, -0.05) is 79.8 Å². The molecule has 0 saturated heterocycles. The number of hydrogen-bond donors (Lipinski definition) is 2. The van der Waals surface area contributed by atoms with Crippen molar-refractivity contribution in [2.24, 2.45) is 0 Å². The maximum atomic E-state index is 12.5. The second kappa shape index (κ2) is 9.43. The number of carbonyl (C=O) groups excluding carboxylic acids is 2. The first-order valence-corrected chi connectivity index (χ1v) is 10.3. The molecule has 0 saturated carbocycles. The molecule has 0 aliphatic heterocycles. The maximum Gasteiger partial charge on any atom is 0.228 e. The molecule has 0 bridgehead atoms. The minimum atomic E-state index is -0.398. The van der Waals surface area contributed by atoms with Gasteiger partial charge in [0.05, 0.1) is 12.5 Å². The van der Waals surface area contributed by atoms with Crippen molar-refractivity contribution in [3.05, 3.63) is 65.7 Å². The average Bonchev–Trinajstić information content (AvgIpc) is 3.16. The maximum absolute atomic E-state index is 12.5. The number of amides is 2. The minimum absolute atomic E-state index is 0.113. The summed E-state index contributed by atoms with van der Waals surface area (Å²) < 4.78 is 0. The van der Waals surface area contributed by atoms with Crippen molar-refractivity contribution in [3.63, 3.8) is 0 Å². The van der Waals surface area contributed by atoms with Crippen LogP contribution in [0, 0.1) is 0 Å². The molecule has 0 aliphatic rings. The van der Waals surface area contributed by atoms with Gasteiger partial charge in [0, 0.05) is 12.5 Å². The molecule has 7 heteroatoms. The molecule has 3 rings (SSSR count). The summed E-state index contributed by atoms with van der Waals surface area (Å²) in [6.07, 6.45) is 0.113. The first kappa shape index (κ1) is 20.7. The zero-order chi connectivity index (χ0) is 20.8. The van der Waals surface area contributed by atoms with Crippen molar-refractivity contribution in [2.75, 3.05) is 5.32 Å². The summed E-state index contributed by atoms with van der Waals surface area (Å²) in [6, 6.07) is 17.2. The lowest BCUT2D eigenvalue weighted by atomic mass is 10.0. The lowest BCUT2D eigenvalue weighted by molar-refractivity contribution is -0.120. The van der Waals surface area contributed by atoms with Crippen LogP contribution in [0.2, 0.25) is 0 Å². The van der Waals surface area contributed by atoms with Crippen LogP contribution in [0.15, 0.2) is 54.6 Å². The molecule has 1 atom stereocenters. The number of rotatable bonds is 7. The Kier molecular flexibility index (Phi) is 6.72. The van der Waals surface area contributed by atoms with Crippen LogP contribution < -0.4 is 10.6 Å². The Labute approximate surface area is 174 Å². The number of nitrogens with zero attached hydrogens (tertiary/aromatic N) is 2. The van der Waals surface area contributed by atoms with Gasteiger partial charge in [-0.05, 0) is 17.0 Å². The second-order valence-electron chi connectivity index (χ2n) is 7.11. The molecule has 29 heavy (non-hydrogen) atoms. The van der Waals surface area contributed by atoms with Gasteiger partial charge in [-0.3, -0.25) is 9.59 Å². The molecule has 2 N–H and O–H groups in total. The van der Waals surface area contributed by atoms with E-state index in [1.165, 1.54) is 23.8 Å². The van der Waals surface area contributed by atoms with Crippen LogP contribution in [0.4, 0.5) is 5.13 Å². The van der Waals surface area contributed by atoms with Gasteiger partial charge < -0.3 is 10.6 Å². The van der Waals surface area contributed by atoms with Crippen molar-refractivity contribution in [1.29, 1.82) is 0 Å². The van der Waals surface area contributed by atoms with E-state index < -0.39 is 6.04 Å². The Hall–Kier alpha value is -3.06. The zero-order valence-corrected chi connectivity index (χ0v) is 17.5. The van der Waals surface area contributed by atoms with Crippen LogP contribution in [0.5, 0.6) is 0 Å². The molecule has 1 heterocycles. The molecule has 6 nitrogen and oxygen atoms in total. The standard InChI is InChI=1S/C22H24N4O2S/c1-14(2)16-9-11-18(12-10-16)21-25-26-22(29-21)24-20(28)13-19(23-15(3)27)17-7-5-4-6-8-17/h4-12,14,19H,13H2,1-3H3,(H,23,27)(H,24,26,28)/t19-/m1/s1. The molecule has 2 amide bonds. The Bertz CT molecular complexity index is 968. The monoisotopic (exact) mass is 408 g/mol. The van der Waals surface area contributed by atoms with E-state index in [2.05, 4.69) is 46.8 Å². The highest BCUT2D eigenvalue weighted by molar-refractivity contribution is 7.18. The number of nitrogens with one attached hydrogen (secondary N) is 2. The predicted octanol–water partition coefficient (Wildman–Crippen LogP) is 4.53. The molecule has 1 aromatic heterocycles. The van der Waals surface area contributed by atoms with Gasteiger partial charge in [0.1, 0.15) is 5.01 Å². The molecule has 0 spiro atoms. The lowest BCUT2D eigenvalue weighted by Gasteiger charge is -2.17. The van der Waals surface area contributed by atoms with E-state index in [1.807, 2.05) is 42.5 Å². The molecule has 0 aliphatic carbocycles. The van der Waals surface area contributed by atoms with Crippen molar-refractivity contribution >= 4 is 28.3 Å². The van der Waals surface area contributed by atoms with E-state index in [0.29, 0.717) is 11.0 Å². The van der Waals surface area contributed by atoms with Gasteiger partial charge in [0.15, 0.2) is 0 Å². The summed E-state index contributed by atoms with van der Waals surface area (Å²) in [7, 11) is 0. The fourth-order valence-corrected chi connectivity index (χ4v) is 3.70. The van der Waals surface area contributed by atoms with Crippen LogP contribution in [-0.4, -0.2) is 22.0 Å². The van der Waals surface area contributed by atoms with Crippen molar-refractivity contribution in [2.45, 2.75) is 39.2 Å². The van der Waals surface area contributed by atoms with E-state index in [-0.39, 0.29) is 18.2 Å². The van der Waals surface area contributed by atoms with Crippen LogP contribution >= 0.6 is 11.3 Å². The molecule has 0 unspecified atom stereocenters. The third-order valence-corrected chi connectivity index (χ3v) is 5.35. The smallest absolute Gasteiger partial charge is 0.228 e. The largest absolute Gasteiger partial charge is 0.349 e. The topological polar surface area (TPSA) is 84.0 Å². The van der Waals surface area contributed by atoms with E-state index in [0.717, 1.165) is 16.1 Å². The normalized spacial score (nSPS) is 11.9. The third-order valence-electron chi connectivity index (χ3n) is 4.46. The third kappa shape index (κ3) is 5.71. The Morgan fingerprint density at radius 1 is 0.966 bits per heavy atom.